The van der Waals surface area contributed by atoms with E-state index in [4.69, 9.17) is 4.84 Å². The van der Waals surface area contributed by atoms with E-state index in [-0.39, 0.29) is 17.7 Å². The molecule has 0 saturated carbocycles. The van der Waals surface area contributed by atoms with Crippen LogP contribution >= 0.6 is 0 Å². The molecule has 12 nitrogen and oxygen atoms in total. The molecule has 0 aliphatic carbocycles. The average molecular weight is 496 g/mol. The van der Waals surface area contributed by atoms with Crippen LogP contribution in [0.15, 0.2) is 79.0 Å². The summed E-state index contributed by atoms with van der Waals surface area (Å²) in [6, 6.07) is 19.6. The number of carbonyl (C=O) groups is 4. The molecule has 0 atom stereocenters. The second kappa shape index (κ2) is 8.30. The summed E-state index contributed by atoms with van der Waals surface area (Å²) in [5.74, 6) is -1.44. The fourth-order valence-electron chi connectivity index (χ4n) is 4.34. The monoisotopic (exact) mass is 496 g/mol. The molecule has 5 aromatic rings. The highest BCUT2D eigenvalue weighted by molar-refractivity contribution is 6.21. The van der Waals surface area contributed by atoms with Crippen molar-refractivity contribution < 1.29 is 29.1 Å². The molecular weight excluding hydrogens is 480 g/mol. The molecule has 6 rings (SSSR count). The van der Waals surface area contributed by atoms with Crippen molar-refractivity contribution in [2.75, 3.05) is 0 Å². The largest absolute Gasteiger partial charge is 0.464 e. The van der Waals surface area contributed by atoms with Crippen LogP contribution < -0.4 is 4.84 Å². The van der Waals surface area contributed by atoms with Crippen molar-refractivity contribution in [2.45, 2.75) is 6.54 Å². The molecule has 0 bridgehead atoms. The number of imide groups is 1. The van der Waals surface area contributed by atoms with Gasteiger partial charge in [-0.15, -0.1) is 5.10 Å². The van der Waals surface area contributed by atoms with Crippen LogP contribution in [0.2, 0.25) is 0 Å². The summed E-state index contributed by atoms with van der Waals surface area (Å²) in [6.45, 7) is -0.349. The zero-order valence-electron chi connectivity index (χ0n) is 18.9. The Morgan fingerprint density at radius 3 is 2.19 bits per heavy atom. The Kier molecular flexibility index (Phi) is 4.93. The first-order valence-corrected chi connectivity index (χ1v) is 11.0. The maximum atomic E-state index is 13.5. The van der Waals surface area contributed by atoms with Gasteiger partial charge in [-0.2, -0.15) is 5.01 Å². The molecule has 0 fully saturated rings. The Balaban J connectivity index is 1.43. The Bertz CT molecular complexity index is 1720. The molecule has 3 amide bonds. The van der Waals surface area contributed by atoms with Gasteiger partial charge in [0.05, 0.1) is 23.2 Å². The van der Waals surface area contributed by atoms with E-state index in [0.717, 1.165) is 14.4 Å². The van der Waals surface area contributed by atoms with Crippen molar-refractivity contribution in [1.82, 2.24) is 29.7 Å². The Morgan fingerprint density at radius 1 is 0.865 bits per heavy atom. The molecule has 182 valence electrons. The number of fused-ring (bicyclic) bond motifs is 3. The van der Waals surface area contributed by atoms with Gasteiger partial charge in [-0.1, -0.05) is 47.3 Å². The second-order valence-corrected chi connectivity index (χ2v) is 8.16. The second-order valence-electron chi connectivity index (χ2n) is 8.16. The summed E-state index contributed by atoms with van der Waals surface area (Å²) in [5.41, 5.74) is 1.86. The van der Waals surface area contributed by atoms with E-state index in [9.17, 15) is 24.3 Å². The number of carboxylic acid groups (broad SMARTS) is 1. The van der Waals surface area contributed by atoms with E-state index >= 15 is 0 Å². The lowest BCUT2D eigenvalue weighted by atomic mass is 10.1. The van der Waals surface area contributed by atoms with Crippen LogP contribution in [0, 0.1) is 0 Å². The van der Waals surface area contributed by atoms with Crippen LogP contribution in [-0.2, 0) is 6.54 Å². The first kappa shape index (κ1) is 22.0. The third-order valence-corrected chi connectivity index (χ3v) is 6.03. The van der Waals surface area contributed by atoms with Crippen molar-refractivity contribution in [1.29, 1.82) is 0 Å². The number of para-hydroxylation sites is 2. The number of hydrogen-bond acceptors (Lipinski definition) is 7. The average Bonchev–Trinajstić information content (AvgIpc) is 3.56. The van der Waals surface area contributed by atoms with Crippen molar-refractivity contribution in [3.63, 3.8) is 0 Å². The van der Waals surface area contributed by atoms with E-state index in [1.54, 1.807) is 60.7 Å². The van der Waals surface area contributed by atoms with Crippen LogP contribution in [-0.4, -0.2) is 58.8 Å². The van der Waals surface area contributed by atoms with E-state index in [1.807, 2.05) is 0 Å². The lowest BCUT2D eigenvalue weighted by Gasteiger charge is -2.28. The fraction of sp³-hybridized carbons (Fsp3) is 0.0400. The van der Waals surface area contributed by atoms with Crippen LogP contribution in [0.4, 0.5) is 9.59 Å². The van der Waals surface area contributed by atoms with E-state index in [2.05, 4.69) is 10.3 Å². The minimum absolute atomic E-state index is 0.129. The van der Waals surface area contributed by atoms with E-state index < -0.39 is 24.0 Å². The van der Waals surface area contributed by atoms with Crippen molar-refractivity contribution in [3.8, 4) is 0 Å². The number of amides is 3. The summed E-state index contributed by atoms with van der Waals surface area (Å²) in [4.78, 5) is 58.2. The van der Waals surface area contributed by atoms with Crippen LogP contribution in [0.1, 0.15) is 26.3 Å². The molecule has 3 heterocycles. The predicted octanol–water partition coefficient (Wildman–Crippen LogP) is 3.17. The number of benzene rings is 3. The molecular formula is C25H16N6O6. The quantitative estimate of drug-likeness (QED) is 0.296. The molecule has 1 aliphatic heterocycles. The number of rotatable bonds is 4. The molecule has 37 heavy (non-hydrogen) atoms. The maximum absolute atomic E-state index is 13.5. The highest BCUT2D eigenvalue weighted by atomic mass is 16.7. The highest BCUT2D eigenvalue weighted by Gasteiger charge is 2.42. The van der Waals surface area contributed by atoms with Crippen LogP contribution in [0.3, 0.4) is 0 Å². The van der Waals surface area contributed by atoms with E-state index in [0.29, 0.717) is 32.5 Å². The normalized spacial score (nSPS) is 12.8. The number of hydrazine groups is 1. The van der Waals surface area contributed by atoms with Gasteiger partial charge in [0.2, 0.25) is 0 Å². The minimum Gasteiger partial charge on any atom is -0.464 e. The van der Waals surface area contributed by atoms with Gasteiger partial charge in [-0.05, 0) is 41.1 Å². The van der Waals surface area contributed by atoms with Gasteiger partial charge in [0, 0.05) is 11.6 Å². The summed E-state index contributed by atoms with van der Waals surface area (Å²) in [7, 11) is 0. The third kappa shape index (κ3) is 3.46. The molecule has 0 radical (unpaired) electrons. The number of aromatic nitrogens is 4. The fourth-order valence-corrected chi connectivity index (χ4v) is 4.34. The maximum Gasteiger partial charge on any atom is 0.455 e. The summed E-state index contributed by atoms with van der Waals surface area (Å²) < 4.78 is 1.00. The Labute approximate surface area is 207 Å². The topological polar surface area (TPSA) is 140 Å². The van der Waals surface area contributed by atoms with E-state index in [1.165, 1.54) is 18.3 Å². The van der Waals surface area contributed by atoms with Gasteiger partial charge >= 0.3 is 12.2 Å². The van der Waals surface area contributed by atoms with Gasteiger partial charge in [-0.25, -0.2) is 14.6 Å². The van der Waals surface area contributed by atoms with Gasteiger partial charge < -0.3 is 5.11 Å². The lowest BCUT2D eigenvalue weighted by Crippen LogP contribution is -2.51. The SMILES string of the molecule is O=C(On1nnc2ccccc21)N(Cc1cn(C(=O)O)c2ccccc12)N1C(=O)c2ccccc2C1=O. The molecule has 3 aromatic carbocycles. The predicted molar refractivity (Wildman–Crippen MR) is 127 cm³/mol. The number of nitrogens with zero attached hydrogens (tertiary/aromatic N) is 6. The van der Waals surface area contributed by atoms with Gasteiger partial charge in [-0.3, -0.25) is 19.0 Å². The standard InChI is InChI=1S/C25H16N6O6/c32-22-17-8-1-2-9-18(17)23(33)30(22)29(25(36)37-31-21-12-6-4-10-19(21)26-27-31)14-15-13-28(24(34)35)20-11-5-3-7-16(15)20/h1-13H,14H2,(H,34,35). The van der Waals surface area contributed by atoms with Crippen molar-refractivity contribution in [3.05, 3.63) is 95.7 Å². The summed E-state index contributed by atoms with van der Waals surface area (Å²) in [6.07, 6.45) is -1.00. The molecule has 12 heteroatoms. The zero-order valence-corrected chi connectivity index (χ0v) is 18.9. The molecule has 1 aliphatic rings. The molecule has 0 unspecified atom stereocenters. The van der Waals surface area contributed by atoms with Crippen LogP contribution in [0.5, 0.6) is 0 Å². The lowest BCUT2D eigenvalue weighted by molar-refractivity contribution is -0.0104. The highest BCUT2D eigenvalue weighted by Crippen LogP contribution is 2.28. The molecule has 0 saturated heterocycles. The zero-order chi connectivity index (χ0) is 25.7. The molecule has 0 spiro atoms. The van der Waals surface area contributed by atoms with Crippen molar-refractivity contribution in [2.24, 2.45) is 0 Å². The Hall–Kier alpha value is -5.52. The van der Waals surface area contributed by atoms with Crippen molar-refractivity contribution >= 4 is 45.9 Å². The smallest absolute Gasteiger partial charge is 0.455 e. The number of hydrogen-bond donors (Lipinski definition) is 1. The summed E-state index contributed by atoms with van der Waals surface area (Å²) in [5, 5.41) is 19.5. The summed E-state index contributed by atoms with van der Waals surface area (Å²) >= 11 is 0. The van der Waals surface area contributed by atoms with Gasteiger partial charge in [0.25, 0.3) is 11.8 Å². The minimum atomic E-state index is -1.23. The first-order chi connectivity index (χ1) is 17.9. The van der Waals surface area contributed by atoms with Gasteiger partial charge in [0.15, 0.2) is 0 Å². The number of carbonyl (C=O) groups excluding carboxylic acids is 3. The molecule has 1 N–H and O–H groups in total. The Morgan fingerprint density at radius 2 is 1.49 bits per heavy atom. The van der Waals surface area contributed by atoms with Crippen LogP contribution in [0.25, 0.3) is 21.9 Å². The molecule has 2 aromatic heterocycles. The van der Waals surface area contributed by atoms with Gasteiger partial charge in [0.1, 0.15) is 11.0 Å². The first-order valence-electron chi connectivity index (χ1n) is 11.0. The third-order valence-electron chi connectivity index (χ3n) is 6.03.